The average Bonchev–Trinajstić information content (AvgIpc) is 2.77. The molecule has 0 unspecified atom stereocenters. The van der Waals surface area contributed by atoms with Crippen molar-refractivity contribution in [1.29, 1.82) is 0 Å². The van der Waals surface area contributed by atoms with Gasteiger partial charge in [-0.2, -0.15) is 0 Å². The van der Waals surface area contributed by atoms with Crippen molar-refractivity contribution in [2.75, 3.05) is 19.5 Å². The Hall–Kier alpha value is -1.20. The van der Waals surface area contributed by atoms with E-state index < -0.39 is 0 Å². The third kappa shape index (κ3) is 4.65. The lowest BCUT2D eigenvalue weighted by Crippen LogP contribution is -2.37. The Kier molecular flexibility index (Phi) is 6.58. The first-order valence-corrected chi connectivity index (χ1v) is 8.41. The number of nitrogens with one attached hydrogen (secondary N) is 2. The minimum atomic E-state index is 0.447. The number of hydrogen-bond donors (Lipinski definition) is 2. The van der Waals surface area contributed by atoms with E-state index in [1.54, 1.807) is 26.4 Å². The van der Waals surface area contributed by atoms with Crippen molar-refractivity contribution in [2.24, 2.45) is 0 Å². The van der Waals surface area contributed by atoms with Crippen LogP contribution < -0.4 is 20.1 Å². The van der Waals surface area contributed by atoms with Crippen LogP contribution in [0.1, 0.15) is 38.5 Å². The highest BCUT2D eigenvalue weighted by atomic mass is 35.5. The van der Waals surface area contributed by atoms with E-state index >= 15 is 0 Å². The lowest BCUT2D eigenvalue weighted by molar-refractivity contribution is 0.405. The molecule has 1 aromatic rings. The summed E-state index contributed by atoms with van der Waals surface area (Å²) < 4.78 is 10.6. The quantitative estimate of drug-likeness (QED) is 0.628. The Morgan fingerprint density at radius 2 is 1.73 bits per heavy atom. The molecule has 0 amide bonds. The fourth-order valence-corrected chi connectivity index (χ4v) is 3.23. The van der Waals surface area contributed by atoms with Crippen LogP contribution in [0.15, 0.2) is 12.1 Å². The van der Waals surface area contributed by atoms with Gasteiger partial charge in [-0.3, -0.25) is 0 Å². The molecule has 0 bridgehead atoms. The van der Waals surface area contributed by atoms with Gasteiger partial charge in [0, 0.05) is 18.2 Å². The van der Waals surface area contributed by atoms with Crippen LogP contribution in [0, 0.1) is 0 Å². The topological polar surface area (TPSA) is 42.5 Å². The second kappa shape index (κ2) is 8.44. The summed E-state index contributed by atoms with van der Waals surface area (Å²) in [6, 6.07) is 3.96. The molecule has 4 nitrogen and oxygen atoms in total. The molecule has 22 heavy (non-hydrogen) atoms. The molecule has 0 spiro atoms. The van der Waals surface area contributed by atoms with Crippen LogP contribution in [0.3, 0.4) is 0 Å². The molecule has 0 aromatic heterocycles. The van der Waals surface area contributed by atoms with Crippen LogP contribution in [0.5, 0.6) is 11.5 Å². The Labute approximate surface area is 142 Å². The number of ether oxygens (including phenoxy) is 2. The summed E-state index contributed by atoms with van der Waals surface area (Å²) in [5.74, 6) is 1.22. The molecule has 1 aliphatic rings. The van der Waals surface area contributed by atoms with Crippen molar-refractivity contribution >= 4 is 34.6 Å². The maximum absolute atomic E-state index is 6.11. The van der Waals surface area contributed by atoms with E-state index in [-0.39, 0.29) is 0 Å². The number of methoxy groups -OCH3 is 2. The van der Waals surface area contributed by atoms with E-state index in [2.05, 4.69) is 10.6 Å². The van der Waals surface area contributed by atoms with Crippen molar-refractivity contribution in [2.45, 2.75) is 44.6 Å². The molecular formula is C16H23ClN2O2S. The second-order valence-electron chi connectivity index (χ2n) is 5.47. The minimum Gasteiger partial charge on any atom is -0.495 e. The fraction of sp³-hybridized carbons (Fsp3) is 0.562. The molecule has 1 aromatic carbocycles. The molecule has 2 rings (SSSR count). The van der Waals surface area contributed by atoms with Gasteiger partial charge in [-0.15, -0.1) is 0 Å². The zero-order chi connectivity index (χ0) is 15.9. The molecule has 0 aliphatic heterocycles. The van der Waals surface area contributed by atoms with Gasteiger partial charge in [0.15, 0.2) is 5.11 Å². The summed E-state index contributed by atoms with van der Waals surface area (Å²) in [6.45, 7) is 0. The van der Waals surface area contributed by atoms with Gasteiger partial charge in [-0.1, -0.05) is 37.3 Å². The first kappa shape index (κ1) is 17.2. The molecule has 1 aliphatic carbocycles. The maximum atomic E-state index is 6.11. The maximum Gasteiger partial charge on any atom is 0.171 e. The molecule has 2 N–H and O–H groups in total. The highest BCUT2D eigenvalue weighted by Gasteiger charge is 2.15. The Bertz CT molecular complexity index is 517. The van der Waals surface area contributed by atoms with Gasteiger partial charge in [0.25, 0.3) is 0 Å². The highest BCUT2D eigenvalue weighted by molar-refractivity contribution is 7.80. The lowest BCUT2D eigenvalue weighted by atomic mass is 10.1. The van der Waals surface area contributed by atoms with Gasteiger partial charge in [0.05, 0.1) is 24.9 Å². The van der Waals surface area contributed by atoms with Gasteiger partial charge >= 0.3 is 0 Å². The number of halogens is 1. The van der Waals surface area contributed by atoms with Gasteiger partial charge < -0.3 is 20.1 Å². The monoisotopic (exact) mass is 342 g/mol. The van der Waals surface area contributed by atoms with Gasteiger partial charge in [-0.25, -0.2) is 0 Å². The summed E-state index contributed by atoms with van der Waals surface area (Å²) in [5.41, 5.74) is 0.745. The zero-order valence-corrected chi connectivity index (χ0v) is 14.6. The summed E-state index contributed by atoms with van der Waals surface area (Å²) in [4.78, 5) is 0. The minimum absolute atomic E-state index is 0.447. The van der Waals surface area contributed by atoms with Crippen LogP contribution in [-0.4, -0.2) is 25.4 Å². The Morgan fingerprint density at radius 3 is 2.32 bits per heavy atom. The SMILES string of the molecule is COc1cc(NC(=S)NC2CCCCCC2)c(OC)cc1Cl. The number of thiocarbonyl (C=S) groups is 1. The van der Waals surface area contributed by atoms with Crippen LogP contribution in [0.2, 0.25) is 5.02 Å². The van der Waals surface area contributed by atoms with Crippen molar-refractivity contribution in [1.82, 2.24) is 5.32 Å². The third-order valence-corrected chi connectivity index (χ3v) is 4.43. The molecule has 6 heteroatoms. The predicted octanol–water partition coefficient (Wildman–Crippen LogP) is 4.37. The molecule has 0 saturated heterocycles. The highest BCUT2D eigenvalue weighted by Crippen LogP contribution is 2.35. The Balaban J connectivity index is 2.03. The number of hydrogen-bond acceptors (Lipinski definition) is 3. The molecule has 0 heterocycles. The van der Waals surface area contributed by atoms with Crippen molar-refractivity contribution in [3.63, 3.8) is 0 Å². The first-order valence-electron chi connectivity index (χ1n) is 7.63. The van der Waals surface area contributed by atoms with Crippen molar-refractivity contribution in [3.05, 3.63) is 17.2 Å². The smallest absolute Gasteiger partial charge is 0.171 e. The van der Waals surface area contributed by atoms with E-state index in [0.29, 0.717) is 27.7 Å². The average molecular weight is 343 g/mol. The number of rotatable bonds is 4. The lowest BCUT2D eigenvalue weighted by Gasteiger charge is -2.20. The number of anilines is 1. The summed E-state index contributed by atoms with van der Waals surface area (Å²) in [5, 5.41) is 7.70. The fourth-order valence-electron chi connectivity index (χ4n) is 2.73. The second-order valence-corrected chi connectivity index (χ2v) is 6.29. The van der Waals surface area contributed by atoms with E-state index in [1.807, 2.05) is 0 Å². The van der Waals surface area contributed by atoms with Crippen LogP contribution in [0.25, 0.3) is 0 Å². The van der Waals surface area contributed by atoms with E-state index in [1.165, 1.54) is 38.5 Å². The summed E-state index contributed by atoms with van der Waals surface area (Å²) in [7, 11) is 3.19. The summed E-state index contributed by atoms with van der Waals surface area (Å²) in [6.07, 6.45) is 7.50. The van der Waals surface area contributed by atoms with E-state index in [0.717, 1.165) is 5.69 Å². The van der Waals surface area contributed by atoms with E-state index in [4.69, 9.17) is 33.3 Å². The molecule has 0 radical (unpaired) electrons. The van der Waals surface area contributed by atoms with Crippen molar-refractivity contribution < 1.29 is 9.47 Å². The van der Waals surface area contributed by atoms with Gasteiger partial charge in [0.1, 0.15) is 11.5 Å². The normalized spacial score (nSPS) is 15.8. The largest absolute Gasteiger partial charge is 0.495 e. The van der Waals surface area contributed by atoms with Crippen LogP contribution >= 0.6 is 23.8 Å². The van der Waals surface area contributed by atoms with Crippen molar-refractivity contribution in [3.8, 4) is 11.5 Å². The third-order valence-electron chi connectivity index (χ3n) is 3.91. The first-order chi connectivity index (χ1) is 10.6. The number of benzene rings is 1. The molecule has 1 saturated carbocycles. The van der Waals surface area contributed by atoms with Gasteiger partial charge in [0.2, 0.25) is 0 Å². The molecule has 1 fully saturated rings. The predicted molar refractivity (Wildman–Crippen MR) is 95.4 cm³/mol. The molecular weight excluding hydrogens is 320 g/mol. The Morgan fingerprint density at radius 1 is 1.09 bits per heavy atom. The summed E-state index contributed by atoms with van der Waals surface area (Å²) >= 11 is 11.5. The van der Waals surface area contributed by atoms with Crippen LogP contribution in [0.4, 0.5) is 5.69 Å². The molecule has 0 atom stereocenters. The van der Waals surface area contributed by atoms with E-state index in [9.17, 15) is 0 Å². The zero-order valence-electron chi connectivity index (χ0n) is 13.1. The molecule has 122 valence electrons. The standard InChI is InChI=1S/C16H23ClN2O2S/c1-20-14-10-13(15(21-2)9-12(14)17)19-16(22)18-11-7-5-3-4-6-8-11/h9-11H,3-8H2,1-2H3,(H2,18,19,22). The van der Waals surface area contributed by atoms with Crippen LogP contribution in [-0.2, 0) is 0 Å². The van der Waals surface area contributed by atoms with Gasteiger partial charge in [-0.05, 0) is 25.1 Å².